The smallest absolute Gasteiger partial charge is 0.243 e. The Bertz CT molecular complexity index is 846. The van der Waals surface area contributed by atoms with Crippen LogP contribution in [0.25, 0.3) is 0 Å². The Morgan fingerprint density at radius 3 is 2.11 bits per heavy atom. The van der Waals surface area contributed by atoms with Gasteiger partial charge in [0.25, 0.3) is 0 Å². The minimum atomic E-state index is -0.985. The Morgan fingerprint density at radius 1 is 0.972 bits per heavy atom. The van der Waals surface area contributed by atoms with Crippen molar-refractivity contribution in [3.05, 3.63) is 35.9 Å². The van der Waals surface area contributed by atoms with Gasteiger partial charge in [0.1, 0.15) is 12.1 Å². The predicted octanol–water partition coefficient (Wildman–Crippen LogP) is -0.949. The number of hydrogen-bond acceptors (Lipinski definition) is 9. The molecule has 9 N–H and O–H groups in total. The number of aliphatic hydroxyl groups excluding tert-OH is 2. The van der Waals surface area contributed by atoms with Gasteiger partial charge in [-0.25, -0.2) is 0 Å². The quantitative estimate of drug-likeness (QED) is 0.0957. The molecule has 36 heavy (non-hydrogen) atoms. The molecular formula is C23H37N5O6S2. The van der Waals surface area contributed by atoms with Crippen molar-refractivity contribution in [1.82, 2.24) is 16.0 Å². The first-order valence-electron chi connectivity index (χ1n) is 11.6. The molecule has 1 aromatic carbocycles. The van der Waals surface area contributed by atoms with Crippen LogP contribution in [0, 0.1) is 0 Å². The molecule has 0 aliphatic heterocycles. The summed E-state index contributed by atoms with van der Waals surface area (Å²) in [5.41, 5.74) is 12.3. The molecule has 11 nitrogen and oxygen atoms in total. The van der Waals surface area contributed by atoms with Gasteiger partial charge in [0.05, 0.1) is 24.8 Å². The van der Waals surface area contributed by atoms with E-state index in [-0.39, 0.29) is 23.8 Å². The van der Waals surface area contributed by atoms with Gasteiger partial charge in [-0.15, -0.1) is 0 Å². The summed E-state index contributed by atoms with van der Waals surface area (Å²) in [5, 5.41) is 26.8. The normalized spacial score (nSPS) is 15.1. The molecule has 0 spiro atoms. The molecule has 0 saturated carbocycles. The lowest BCUT2D eigenvalue weighted by atomic mass is 10.1. The predicted molar refractivity (Wildman–Crippen MR) is 142 cm³/mol. The van der Waals surface area contributed by atoms with Crippen molar-refractivity contribution >= 4 is 45.2 Å². The SMILES string of the molecule is CCCC(=O)N[C@@H](CSSC[C@H](NC(=O)[C@H](N)Cc1ccccc1)C(N)=O)C(=O)NC(CO)C(C)O. The maximum atomic E-state index is 12.6. The number of nitrogens with one attached hydrogen (secondary N) is 3. The highest BCUT2D eigenvalue weighted by molar-refractivity contribution is 8.76. The van der Waals surface area contributed by atoms with Gasteiger partial charge in [0.2, 0.25) is 23.6 Å². The molecule has 0 aromatic heterocycles. The maximum absolute atomic E-state index is 12.6. The third kappa shape index (κ3) is 12.1. The topological polar surface area (TPSA) is 197 Å². The summed E-state index contributed by atoms with van der Waals surface area (Å²) >= 11 is 0. The van der Waals surface area contributed by atoms with Gasteiger partial charge in [-0.3, -0.25) is 19.2 Å². The second kappa shape index (κ2) is 17.2. The molecule has 0 heterocycles. The average molecular weight is 544 g/mol. The Hall–Kier alpha value is -2.32. The van der Waals surface area contributed by atoms with E-state index >= 15 is 0 Å². The molecule has 202 valence electrons. The molecule has 1 aromatic rings. The molecular weight excluding hydrogens is 506 g/mol. The first kappa shape index (κ1) is 31.7. The zero-order valence-electron chi connectivity index (χ0n) is 20.5. The standard InChI is InChI=1S/C23H37N5O6S2/c1-3-7-20(31)26-19(23(34)27-17(11-29)14(2)30)13-36-35-12-18(21(25)32)28-22(33)16(24)10-15-8-5-4-6-9-15/h4-6,8-9,14,16-19,29-30H,3,7,10-13,24H2,1-2H3,(H2,25,32)(H,26,31)(H,27,34)(H,28,33)/t14?,16-,17?,18+,19+/m1/s1. The minimum absolute atomic E-state index is 0.119. The Labute approximate surface area is 219 Å². The van der Waals surface area contributed by atoms with Gasteiger partial charge >= 0.3 is 0 Å². The second-order valence-electron chi connectivity index (χ2n) is 8.24. The highest BCUT2D eigenvalue weighted by atomic mass is 33.1. The number of amides is 4. The third-order valence-electron chi connectivity index (χ3n) is 5.08. The molecule has 0 radical (unpaired) electrons. The van der Waals surface area contributed by atoms with E-state index in [0.717, 1.165) is 5.56 Å². The van der Waals surface area contributed by atoms with Gasteiger partial charge in [0, 0.05) is 17.9 Å². The monoisotopic (exact) mass is 543 g/mol. The largest absolute Gasteiger partial charge is 0.394 e. The summed E-state index contributed by atoms with van der Waals surface area (Å²) in [6.07, 6.45) is 0.151. The van der Waals surface area contributed by atoms with E-state index in [1.54, 1.807) is 0 Å². The molecule has 13 heteroatoms. The molecule has 0 aliphatic rings. The molecule has 2 unspecified atom stereocenters. The van der Waals surface area contributed by atoms with Crippen molar-refractivity contribution in [2.24, 2.45) is 11.5 Å². The molecule has 1 rings (SSSR count). The Kier molecular flexibility index (Phi) is 15.1. The summed E-state index contributed by atoms with van der Waals surface area (Å²) < 4.78 is 0. The van der Waals surface area contributed by atoms with E-state index in [1.807, 2.05) is 37.3 Å². The maximum Gasteiger partial charge on any atom is 0.243 e. The van der Waals surface area contributed by atoms with Crippen molar-refractivity contribution in [2.45, 2.75) is 63.4 Å². The van der Waals surface area contributed by atoms with Gasteiger partial charge in [-0.05, 0) is 25.3 Å². The molecule has 0 aliphatic carbocycles. The van der Waals surface area contributed by atoms with E-state index < -0.39 is 54.6 Å². The number of carbonyl (C=O) groups excluding carboxylic acids is 4. The zero-order valence-corrected chi connectivity index (χ0v) is 22.1. The van der Waals surface area contributed by atoms with Crippen LogP contribution in [0.1, 0.15) is 32.3 Å². The average Bonchev–Trinajstić information content (AvgIpc) is 2.83. The summed E-state index contributed by atoms with van der Waals surface area (Å²) in [7, 11) is 2.40. The molecule has 5 atom stereocenters. The lowest BCUT2D eigenvalue weighted by Gasteiger charge is -2.24. The summed E-state index contributed by atoms with van der Waals surface area (Å²) in [6.45, 7) is 2.80. The van der Waals surface area contributed by atoms with Crippen LogP contribution in [0.4, 0.5) is 0 Å². The van der Waals surface area contributed by atoms with Crippen molar-refractivity contribution in [1.29, 1.82) is 0 Å². The van der Waals surface area contributed by atoms with Crippen LogP contribution >= 0.6 is 21.6 Å². The lowest BCUT2D eigenvalue weighted by molar-refractivity contribution is -0.129. The fraction of sp³-hybridized carbons (Fsp3) is 0.565. The summed E-state index contributed by atoms with van der Waals surface area (Å²) in [5.74, 6) is -1.85. The van der Waals surface area contributed by atoms with E-state index in [4.69, 9.17) is 11.5 Å². The second-order valence-corrected chi connectivity index (χ2v) is 10.8. The van der Waals surface area contributed by atoms with Crippen LogP contribution in [0.15, 0.2) is 30.3 Å². The highest BCUT2D eigenvalue weighted by Gasteiger charge is 2.26. The fourth-order valence-corrected chi connectivity index (χ4v) is 5.29. The van der Waals surface area contributed by atoms with Crippen LogP contribution < -0.4 is 27.4 Å². The minimum Gasteiger partial charge on any atom is -0.394 e. The summed E-state index contributed by atoms with van der Waals surface area (Å²) in [6, 6.07) is 5.58. The molecule has 0 bridgehead atoms. The Balaban J connectivity index is 2.65. The number of primary amides is 1. The van der Waals surface area contributed by atoms with Crippen LogP contribution in [0.3, 0.4) is 0 Å². The van der Waals surface area contributed by atoms with Crippen molar-refractivity contribution in [3.63, 3.8) is 0 Å². The molecule has 0 fully saturated rings. The van der Waals surface area contributed by atoms with E-state index in [0.29, 0.717) is 12.8 Å². The van der Waals surface area contributed by atoms with Crippen molar-refractivity contribution in [3.8, 4) is 0 Å². The summed E-state index contributed by atoms with van der Waals surface area (Å²) in [4.78, 5) is 49.0. The van der Waals surface area contributed by atoms with Crippen LogP contribution in [-0.2, 0) is 25.6 Å². The first-order chi connectivity index (χ1) is 17.1. The number of benzene rings is 1. The first-order valence-corrected chi connectivity index (χ1v) is 14.1. The number of aliphatic hydroxyl groups is 2. The van der Waals surface area contributed by atoms with Gasteiger partial charge in [0.15, 0.2) is 0 Å². The van der Waals surface area contributed by atoms with E-state index in [9.17, 15) is 29.4 Å². The van der Waals surface area contributed by atoms with Gasteiger partial charge < -0.3 is 37.6 Å². The van der Waals surface area contributed by atoms with Gasteiger partial charge in [-0.1, -0.05) is 58.8 Å². The van der Waals surface area contributed by atoms with Crippen molar-refractivity contribution < 1.29 is 29.4 Å². The molecule has 0 saturated heterocycles. The van der Waals surface area contributed by atoms with Crippen molar-refractivity contribution in [2.75, 3.05) is 18.1 Å². The Morgan fingerprint density at radius 2 is 1.58 bits per heavy atom. The lowest BCUT2D eigenvalue weighted by Crippen LogP contribution is -2.54. The van der Waals surface area contributed by atoms with E-state index in [1.165, 1.54) is 28.5 Å². The number of nitrogens with two attached hydrogens (primary N) is 2. The fourth-order valence-electron chi connectivity index (χ4n) is 2.95. The number of hydrogen-bond donors (Lipinski definition) is 7. The van der Waals surface area contributed by atoms with Crippen LogP contribution in [-0.4, -0.2) is 82.2 Å². The third-order valence-corrected chi connectivity index (χ3v) is 7.51. The highest BCUT2D eigenvalue weighted by Crippen LogP contribution is 2.23. The molecule has 4 amide bonds. The van der Waals surface area contributed by atoms with Crippen LogP contribution in [0.2, 0.25) is 0 Å². The number of rotatable bonds is 17. The number of carbonyl (C=O) groups is 4. The zero-order chi connectivity index (χ0) is 27.1. The van der Waals surface area contributed by atoms with E-state index in [2.05, 4.69) is 16.0 Å². The van der Waals surface area contributed by atoms with Crippen LogP contribution in [0.5, 0.6) is 0 Å². The van der Waals surface area contributed by atoms with Gasteiger partial charge in [-0.2, -0.15) is 0 Å².